The summed E-state index contributed by atoms with van der Waals surface area (Å²) in [6, 6.07) is 0. The Labute approximate surface area is 82.4 Å². The number of hydrogen-bond donors (Lipinski definition) is 1. The van der Waals surface area contributed by atoms with Crippen LogP contribution in [-0.4, -0.2) is 18.1 Å². The van der Waals surface area contributed by atoms with Crippen molar-refractivity contribution in [3.05, 3.63) is 11.6 Å². The topological polar surface area (TPSA) is 63.2 Å². The summed E-state index contributed by atoms with van der Waals surface area (Å²) in [5.41, 5.74) is 0.557. The first-order valence-corrected chi connectivity index (χ1v) is 4.73. The van der Waals surface area contributed by atoms with Crippen LogP contribution in [0.4, 0.5) is 0 Å². The molecule has 4 heteroatoms. The third kappa shape index (κ3) is 3.12. The Morgan fingerprint density at radius 3 is 2.57 bits per heavy atom. The predicted molar refractivity (Wildman–Crippen MR) is 50.4 cm³/mol. The SMILES string of the molecule is O=CCCCCCC1=CC(=O)NC1=O. The summed E-state index contributed by atoms with van der Waals surface area (Å²) < 4.78 is 0. The molecule has 0 aliphatic carbocycles. The van der Waals surface area contributed by atoms with Gasteiger partial charge in [-0.2, -0.15) is 0 Å². The van der Waals surface area contributed by atoms with Crippen molar-refractivity contribution in [2.45, 2.75) is 32.1 Å². The van der Waals surface area contributed by atoms with Crippen molar-refractivity contribution in [2.24, 2.45) is 0 Å². The van der Waals surface area contributed by atoms with E-state index in [1.54, 1.807) is 0 Å². The lowest BCUT2D eigenvalue weighted by Gasteiger charge is -1.98. The normalized spacial score (nSPS) is 15.3. The van der Waals surface area contributed by atoms with E-state index >= 15 is 0 Å². The molecule has 4 nitrogen and oxygen atoms in total. The molecule has 0 spiro atoms. The fraction of sp³-hybridized carbons (Fsp3) is 0.500. The molecule has 1 aliphatic heterocycles. The number of hydrogen-bond acceptors (Lipinski definition) is 3. The number of carbonyl (C=O) groups excluding carboxylic acids is 3. The second kappa shape index (κ2) is 5.32. The van der Waals surface area contributed by atoms with Gasteiger partial charge in [0.1, 0.15) is 6.29 Å². The molecule has 1 N–H and O–H groups in total. The minimum Gasteiger partial charge on any atom is -0.303 e. The maximum absolute atomic E-state index is 11.0. The van der Waals surface area contributed by atoms with Crippen LogP contribution in [0.5, 0.6) is 0 Å². The van der Waals surface area contributed by atoms with Crippen LogP contribution in [0.2, 0.25) is 0 Å². The van der Waals surface area contributed by atoms with Gasteiger partial charge >= 0.3 is 0 Å². The predicted octanol–water partition coefficient (Wildman–Crippen LogP) is 0.719. The van der Waals surface area contributed by atoms with E-state index in [0.29, 0.717) is 18.4 Å². The third-order valence-corrected chi connectivity index (χ3v) is 2.10. The third-order valence-electron chi connectivity index (χ3n) is 2.10. The molecule has 0 aromatic heterocycles. The van der Waals surface area contributed by atoms with Crippen LogP contribution in [0.1, 0.15) is 32.1 Å². The van der Waals surface area contributed by atoms with Crippen LogP contribution in [0.25, 0.3) is 0 Å². The van der Waals surface area contributed by atoms with E-state index in [1.807, 2.05) is 0 Å². The zero-order chi connectivity index (χ0) is 10.4. The van der Waals surface area contributed by atoms with Gasteiger partial charge in [-0.3, -0.25) is 14.9 Å². The number of rotatable bonds is 6. The van der Waals surface area contributed by atoms with Crippen molar-refractivity contribution in [1.29, 1.82) is 0 Å². The molecule has 1 rings (SSSR count). The van der Waals surface area contributed by atoms with Gasteiger partial charge in [0.05, 0.1) is 0 Å². The second-order valence-corrected chi connectivity index (χ2v) is 3.25. The lowest BCUT2D eigenvalue weighted by atomic mass is 10.1. The maximum atomic E-state index is 11.0. The molecular weight excluding hydrogens is 182 g/mol. The Hall–Kier alpha value is -1.45. The number of aldehydes is 1. The molecule has 0 unspecified atom stereocenters. The first-order chi connectivity index (χ1) is 6.74. The van der Waals surface area contributed by atoms with Crippen molar-refractivity contribution < 1.29 is 14.4 Å². The van der Waals surface area contributed by atoms with Crippen LogP contribution >= 0.6 is 0 Å². The zero-order valence-electron chi connectivity index (χ0n) is 7.91. The van der Waals surface area contributed by atoms with Crippen LogP contribution in [0.15, 0.2) is 11.6 Å². The average molecular weight is 195 g/mol. The van der Waals surface area contributed by atoms with Crippen molar-refractivity contribution in [3.8, 4) is 0 Å². The zero-order valence-corrected chi connectivity index (χ0v) is 7.91. The van der Waals surface area contributed by atoms with Gasteiger partial charge in [-0.05, 0) is 19.3 Å². The monoisotopic (exact) mass is 195 g/mol. The lowest BCUT2D eigenvalue weighted by molar-refractivity contribution is -0.124. The molecule has 76 valence electrons. The van der Waals surface area contributed by atoms with Gasteiger partial charge in [-0.15, -0.1) is 0 Å². The molecule has 0 saturated carbocycles. The molecular formula is C10H13NO3. The number of amides is 2. The largest absolute Gasteiger partial charge is 0.303 e. The molecule has 1 heterocycles. The van der Waals surface area contributed by atoms with E-state index in [2.05, 4.69) is 5.32 Å². The van der Waals surface area contributed by atoms with Crippen molar-refractivity contribution in [1.82, 2.24) is 5.32 Å². The van der Waals surface area contributed by atoms with Crippen LogP contribution in [0.3, 0.4) is 0 Å². The van der Waals surface area contributed by atoms with Crippen molar-refractivity contribution in [2.75, 3.05) is 0 Å². The number of unbranched alkanes of at least 4 members (excludes halogenated alkanes) is 3. The van der Waals surface area contributed by atoms with Gasteiger partial charge in [0, 0.05) is 18.1 Å². The Morgan fingerprint density at radius 2 is 2.00 bits per heavy atom. The first-order valence-electron chi connectivity index (χ1n) is 4.73. The highest BCUT2D eigenvalue weighted by Gasteiger charge is 2.19. The number of carbonyl (C=O) groups is 3. The molecule has 0 fully saturated rings. The van der Waals surface area contributed by atoms with Gasteiger partial charge in [0.2, 0.25) is 0 Å². The highest BCUT2D eigenvalue weighted by Crippen LogP contribution is 2.12. The fourth-order valence-electron chi connectivity index (χ4n) is 1.36. The molecule has 1 aliphatic rings. The number of imide groups is 1. The summed E-state index contributed by atoms with van der Waals surface area (Å²) >= 11 is 0. The highest BCUT2D eigenvalue weighted by molar-refractivity contribution is 6.16. The van der Waals surface area contributed by atoms with Crippen LogP contribution < -0.4 is 5.32 Å². The van der Waals surface area contributed by atoms with Crippen molar-refractivity contribution in [3.63, 3.8) is 0 Å². The first kappa shape index (κ1) is 10.6. The number of nitrogens with one attached hydrogen (secondary N) is 1. The molecule has 0 aromatic carbocycles. The smallest absolute Gasteiger partial charge is 0.254 e. The minimum absolute atomic E-state index is 0.273. The summed E-state index contributed by atoms with van der Waals surface area (Å²) in [5.74, 6) is -0.594. The molecule has 0 saturated heterocycles. The van der Waals surface area contributed by atoms with Gasteiger partial charge in [-0.1, -0.05) is 6.42 Å². The second-order valence-electron chi connectivity index (χ2n) is 3.25. The summed E-state index contributed by atoms with van der Waals surface area (Å²) in [5, 5.41) is 2.19. The molecule has 0 atom stereocenters. The maximum Gasteiger partial charge on any atom is 0.254 e. The summed E-state index contributed by atoms with van der Waals surface area (Å²) in [6.45, 7) is 0. The Bertz CT molecular complexity index is 281. The quantitative estimate of drug-likeness (QED) is 0.386. The van der Waals surface area contributed by atoms with Crippen molar-refractivity contribution >= 4 is 18.1 Å². The average Bonchev–Trinajstić information content (AvgIpc) is 2.45. The Balaban J connectivity index is 2.18. The highest BCUT2D eigenvalue weighted by atomic mass is 16.2. The van der Waals surface area contributed by atoms with E-state index in [0.717, 1.165) is 25.5 Å². The standard InChI is InChI=1S/C10H13NO3/c12-6-4-2-1-3-5-8-7-9(13)11-10(8)14/h6-7H,1-5H2,(H,11,13,14). The van der Waals surface area contributed by atoms with Gasteiger partial charge in [-0.25, -0.2) is 0 Å². The Kier molecular flexibility index (Phi) is 4.04. The molecule has 0 radical (unpaired) electrons. The van der Waals surface area contributed by atoms with Crippen LogP contribution in [-0.2, 0) is 14.4 Å². The molecule has 0 aromatic rings. The van der Waals surface area contributed by atoms with Gasteiger partial charge in [0.25, 0.3) is 11.8 Å². The van der Waals surface area contributed by atoms with E-state index in [9.17, 15) is 14.4 Å². The fourth-order valence-corrected chi connectivity index (χ4v) is 1.36. The van der Waals surface area contributed by atoms with E-state index < -0.39 is 0 Å². The summed E-state index contributed by atoms with van der Waals surface area (Å²) in [4.78, 5) is 31.8. The molecule has 14 heavy (non-hydrogen) atoms. The van der Waals surface area contributed by atoms with Gasteiger partial charge in [0.15, 0.2) is 0 Å². The Morgan fingerprint density at radius 1 is 1.21 bits per heavy atom. The lowest BCUT2D eigenvalue weighted by Crippen LogP contribution is -2.22. The molecule has 2 amide bonds. The van der Waals surface area contributed by atoms with Crippen LogP contribution in [0, 0.1) is 0 Å². The van der Waals surface area contributed by atoms with E-state index in [-0.39, 0.29) is 11.8 Å². The van der Waals surface area contributed by atoms with E-state index in [1.165, 1.54) is 6.08 Å². The molecule has 0 bridgehead atoms. The summed E-state index contributed by atoms with van der Waals surface area (Å²) in [6.07, 6.45) is 6.05. The van der Waals surface area contributed by atoms with E-state index in [4.69, 9.17) is 0 Å². The summed E-state index contributed by atoms with van der Waals surface area (Å²) in [7, 11) is 0. The minimum atomic E-state index is -0.321. The van der Waals surface area contributed by atoms with Gasteiger partial charge < -0.3 is 4.79 Å².